The van der Waals surface area contributed by atoms with Gasteiger partial charge in [-0.15, -0.1) is 0 Å². The third-order valence-electron chi connectivity index (χ3n) is 5.55. The second-order valence-electron chi connectivity index (χ2n) is 8.68. The summed E-state index contributed by atoms with van der Waals surface area (Å²) in [7, 11) is 0. The Morgan fingerprint density at radius 2 is 1.83 bits per heavy atom. The zero-order valence-electron chi connectivity index (χ0n) is 19.9. The molecule has 0 spiro atoms. The molecule has 0 fully saturated rings. The normalized spacial score (nSPS) is 14.1. The summed E-state index contributed by atoms with van der Waals surface area (Å²) in [6.45, 7) is 6.44. The number of benzene rings is 3. The first kappa shape index (κ1) is 24.0. The second kappa shape index (κ2) is 9.97. The summed E-state index contributed by atoms with van der Waals surface area (Å²) in [5, 5.41) is 21.0. The number of hydrogen-bond donors (Lipinski definition) is 2. The molecule has 1 heterocycles. The van der Waals surface area contributed by atoms with Crippen LogP contribution in [-0.2, 0) is 11.4 Å². The summed E-state index contributed by atoms with van der Waals surface area (Å²) in [6, 6.07) is 18.0. The lowest BCUT2D eigenvalue weighted by atomic mass is 9.97. The molecule has 1 aliphatic heterocycles. The van der Waals surface area contributed by atoms with E-state index < -0.39 is 11.6 Å². The van der Waals surface area contributed by atoms with E-state index in [2.05, 4.69) is 0 Å². The first-order valence-electron chi connectivity index (χ1n) is 11.4. The molecule has 6 nitrogen and oxygen atoms in total. The van der Waals surface area contributed by atoms with Gasteiger partial charge in [-0.25, -0.2) is 4.79 Å². The topological polar surface area (TPSA) is 85.2 Å². The minimum absolute atomic E-state index is 0.0209. The number of hydrogen-bond acceptors (Lipinski definition) is 5. The van der Waals surface area contributed by atoms with Crippen LogP contribution in [0.5, 0.6) is 23.0 Å². The third kappa shape index (κ3) is 5.49. The highest BCUT2D eigenvalue weighted by Crippen LogP contribution is 2.40. The van der Waals surface area contributed by atoms with Gasteiger partial charge in [0, 0.05) is 17.2 Å². The lowest BCUT2D eigenvalue weighted by molar-refractivity contribution is -0.130. The highest BCUT2D eigenvalue weighted by atomic mass is 16.5. The predicted molar refractivity (Wildman–Crippen MR) is 136 cm³/mol. The fraction of sp³-hybridized carbons (Fsp3) is 0.207. The van der Waals surface area contributed by atoms with Gasteiger partial charge in [-0.05, 0) is 68.8 Å². The van der Waals surface area contributed by atoms with Crippen molar-refractivity contribution < 1.29 is 29.2 Å². The standard InChI is InChI=1S/C29H28O6/c1-4-33-21-11-12-22(26(17-21)34-18-19-8-6-5-7-9-19)24(28(31)32)16-20-10-13-25-23(27(20)30)14-15-29(2,3)35-25/h5-17,30H,4,18H2,1-3H3,(H,31,32). The van der Waals surface area contributed by atoms with E-state index in [0.717, 1.165) is 5.56 Å². The fourth-order valence-electron chi connectivity index (χ4n) is 3.82. The summed E-state index contributed by atoms with van der Waals surface area (Å²) in [6.07, 6.45) is 5.08. The average Bonchev–Trinajstić information content (AvgIpc) is 2.83. The maximum Gasteiger partial charge on any atom is 0.336 e. The lowest BCUT2D eigenvalue weighted by Crippen LogP contribution is -2.27. The average molecular weight is 473 g/mol. The van der Waals surface area contributed by atoms with Crippen molar-refractivity contribution in [2.75, 3.05) is 6.61 Å². The maximum absolute atomic E-state index is 12.4. The van der Waals surface area contributed by atoms with Crippen LogP contribution in [0.1, 0.15) is 43.0 Å². The minimum Gasteiger partial charge on any atom is -0.507 e. The number of phenols is 1. The molecular weight excluding hydrogens is 444 g/mol. The third-order valence-corrected chi connectivity index (χ3v) is 5.55. The van der Waals surface area contributed by atoms with E-state index in [1.54, 1.807) is 36.4 Å². The van der Waals surface area contributed by atoms with Gasteiger partial charge in [-0.2, -0.15) is 0 Å². The first-order chi connectivity index (χ1) is 16.8. The second-order valence-corrected chi connectivity index (χ2v) is 8.68. The van der Waals surface area contributed by atoms with Gasteiger partial charge in [0.2, 0.25) is 0 Å². The van der Waals surface area contributed by atoms with E-state index in [1.165, 1.54) is 6.08 Å². The van der Waals surface area contributed by atoms with Crippen LogP contribution in [0.4, 0.5) is 0 Å². The SMILES string of the molecule is CCOc1ccc(C(=Cc2ccc3c(c2O)C=CC(C)(C)O3)C(=O)O)c(OCc2ccccc2)c1. The number of phenolic OH excluding ortho intramolecular Hbond substituents is 1. The minimum atomic E-state index is -1.15. The zero-order valence-corrected chi connectivity index (χ0v) is 19.9. The molecule has 6 heteroatoms. The summed E-state index contributed by atoms with van der Waals surface area (Å²) in [5.74, 6) is 0.285. The molecule has 0 bridgehead atoms. The highest BCUT2D eigenvalue weighted by molar-refractivity contribution is 6.21. The number of ether oxygens (including phenoxy) is 3. The molecule has 0 saturated carbocycles. The molecule has 1 aliphatic rings. The van der Waals surface area contributed by atoms with Crippen molar-refractivity contribution in [1.82, 2.24) is 0 Å². The van der Waals surface area contributed by atoms with E-state index in [1.807, 2.05) is 57.2 Å². The summed E-state index contributed by atoms with van der Waals surface area (Å²) in [4.78, 5) is 12.4. The molecule has 0 saturated heterocycles. The number of aromatic hydroxyl groups is 1. The zero-order chi connectivity index (χ0) is 25.0. The Morgan fingerprint density at radius 1 is 1.06 bits per heavy atom. The number of carboxylic acid groups (broad SMARTS) is 1. The van der Waals surface area contributed by atoms with E-state index in [0.29, 0.717) is 40.5 Å². The maximum atomic E-state index is 12.4. The Hall–Kier alpha value is -4.19. The summed E-state index contributed by atoms with van der Waals surface area (Å²) >= 11 is 0. The monoisotopic (exact) mass is 472 g/mol. The molecular formula is C29H28O6. The van der Waals surface area contributed by atoms with Crippen molar-refractivity contribution in [1.29, 1.82) is 0 Å². The van der Waals surface area contributed by atoms with Crippen LogP contribution in [0.3, 0.4) is 0 Å². The smallest absolute Gasteiger partial charge is 0.336 e. The van der Waals surface area contributed by atoms with Crippen LogP contribution in [0, 0.1) is 0 Å². The molecule has 4 rings (SSSR count). The van der Waals surface area contributed by atoms with Gasteiger partial charge in [0.15, 0.2) is 0 Å². The number of rotatable bonds is 8. The molecule has 0 amide bonds. The van der Waals surface area contributed by atoms with Crippen molar-refractivity contribution >= 4 is 23.7 Å². The molecule has 0 unspecified atom stereocenters. The van der Waals surface area contributed by atoms with Crippen LogP contribution in [0.15, 0.2) is 66.7 Å². The Bertz CT molecular complexity index is 1290. The number of fused-ring (bicyclic) bond motifs is 1. The Morgan fingerprint density at radius 3 is 2.54 bits per heavy atom. The van der Waals surface area contributed by atoms with Crippen molar-refractivity contribution in [3.05, 3.63) is 89.0 Å². The van der Waals surface area contributed by atoms with Crippen LogP contribution < -0.4 is 14.2 Å². The summed E-state index contributed by atoms with van der Waals surface area (Å²) in [5.41, 5.74) is 1.68. The Kier molecular flexibility index (Phi) is 6.82. The van der Waals surface area contributed by atoms with Crippen molar-refractivity contribution in [3.8, 4) is 23.0 Å². The molecule has 0 atom stereocenters. The van der Waals surface area contributed by atoms with Crippen molar-refractivity contribution in [2.45, 2.75) is 33.0 Å². The van der Waals surface area contributed by atoms with Gasteiger partial charge in [-0.3, -0.25) is 0 Å². The number of carboxylic acids is 1. The van der Waals surface area contributed by atoms with Gasteiger partial charge < -0.3 is 24.4 Å². The van der Waals surface area contributed by atoms with Crippen LogP contribution >= 0.6 is 0 Å². The first-order valence-corrected chi connectivity index (χ1v) is 11.4. The molecule has 35 heavy (non-hydrogen) atoms. The van der Waals surface area contributed by atoms with Crippen LogP contribution in [0.2, 0.25) is 0 Å². The molecule has 180 valence electrons. The number of aliphatic carboxylic acids is 1. The molecule has 0 aliphatic carbocycles. The molecule has 3 aromatic rings. The van der Waals surface area contributed by atoms with Gasteiger partial charge in [0.05, 0.1) is 17.7 Å². The molecule has 2 N–H and O–H groups in total. The van der Waals surface area contributed by atoms with E-state index >= 15 is 0 Å². The van der Waals surface area contributed by atoms with Crippen molar-refractivity contribution in [3.63, 3.8) is 0 Å². The lowest BCUT2D eigenvalue weighted by Gasteiger charge is -2.28. The Balaban J connectivity index is 1.75. The number of carbonyl (C=O) groups is 1. The molecule has 3 aromatic carbocycles. The van der Waals surface area contributed by atoms with Gasteiger partial charge in [0.25, 0.3) is 0 Å². The highest BCUT2D eigenvalue weighted by Gasteiger charge is 2.25. The quantitative estimate of drug-likeness (QED) is 0.301. The van der Waals surface area contributed by atoms with Crippen LogP contribution in [-0.4, -0.2) is 28.4 Å². The summed E-state index contributed by atoms with van der Waals surface area (Å²) < 4.78 is 17.6. The van der Waals surface area contributed by atoms with E-state index in [4.69, 9.17) is 14.2 Å². The Labute approximate surface area is 204 Å². The van der Waals surface area contributed by atoms with Crippen LogP contribution in [0.25, 0.3) is 17.7 Å². The molecule has 0 radical (unpaired) electrons. The predicted octanol–water partition coefficient (Wildman–Crippen LogP) is 6.18. The van der Waals surface area contributed by atoms with Gasteiger partial charge in [-0.1, -0.05) is 30.3 Å². The van der Waals surface area contributed by atoms with Gasteiger partial charge in [0.1, 0.15) is 35.2 Å². The molecule has 0 aromatic heterocycles. The van der Waals surface area contributed by atoms with Crippen molar-refractivity contribution in [2.24, 2.45) is 0 Å². The fourth-order valence-corrected chi connectivity index (χ4v) is 3.82. The van der Waals surface area contributed by atoms with Gasteiger partial charge >= 0.3 is 5.97 Å². The van der Waals surface area contributed by atoms with E-state index in [-0.39, 0.29) is 17.9 Å². The van der Waals surface area contributed by atoms with E-state index in [9.17, 15) is 15.0 Å². The largest absolute Gasteiger partial charge is 0.507 e.